The van der Waals surface area contributed by atoms with Crippen molar-refractivity contribution in [3.05, 3.63) is 82.4 Å². The summed E-state index contributed by atoms with van der Waals surface area (Å²) in [5, 5.41) is 3.60. The zero-order chi connectivity index (χ0) is 19.5. The summed E-state index contributed by atoms with van der Waals surface area (Å²) in [7, 11) is 0. The van der Waals surface area contributed by atoms with Gasteiger partial charge in [0.2, 0.25) is 5.91 Å². The van der Waals surface area contributed by atoms with E-state index in [1.807, 2.05) is 28.8 Å². The number of halogens is 1. The summed E-state index contributed by atoms with van der Waals surface area (Å²) in [4.78, 5) is 31.3. The molecule has 0 aliphatic carbocycles. The Morgan fingerprint density at radius 2 is 2.07 bits per heavy atom. The number of carbonyl (C=O) groups is 1. The third kappa shape index (κ3) is 3.78. The van der Waals surface area contributed by atoms with Gasteiger partial charge in [-0.05, 0) is 48.2 Å². The number of pyridine rings is 2. The summed E-state index contributed by atoms with van der Waals surface area (Å²) in [5.74, 6) is 0.356. The largest absolute Gasteiger partial charge is 0.356 e. The maximum Gasteiger partial charge on any atom is 0.251 e. The number of hydrogen-bond donors (Lipinski definition) is 2. The smallest absolute Gasteiger partial charge is 0.251 e. The third-order valence-electron chi connectivity index (χ3n) is 4.69. The predicted molar refractivity (Wildman–Crippen MR) is 105 cm³/mol. The lowest BCUT2D eigenvalue weighted by atomic mass is 10.1. The van der Waals surface area contributed by atoms with Crippen LogP contribution in [-0.2, 0) is 17.6 Å². The van der Waals surface area contributed by atoms with Gasteiger partial charge in [-0.2, -0.15) is 0 Å². The number of carbonyl (C=O) groups excluding carboxylic acids is 1. The van der Waals surface area contributed by atoms with Crippen LogP contribution < -0.4 is 10.9 Å². The number of nitrogens with one attached hydrogen (secondary N) is 2. The van der Waals surface area contributed by atoms with Crippen LogP contribution in [0.2, 0.25) is 0 Å². The van der Waals surface area contributed by atoms with Crippen molar-refractivity contribution in [1.29, 1.82) is 0 Å². The van der Waals surface area contributed by atoms with Crippen LogP contribution in [0.1, 0.15) is 17.8 Å². The molecular formula is C21H19FN4O2. The van der Waals surface area contributed by atoms with Crippen LogP contribution in [0.4, 0.5) is 4.39 Å². The van der Waals surface area contributed by atoms with Crippen LogP contribution in [0.5, 0.6) is 0 Å². The first kappa shape index (κ1) is 17.9. The van der Waals surface area contributed by atoms with Crippen LogP contribution in [-0.4, -0.2) is 26.8 Å². The average Bonchev–Trinajstić information content (AvgIpc) is 3.09. The van der Waals surface area contributed by atoms with Gasteiger partial charge in [-0.25, -0.2) is 9.37 Å². The molecular weight excluding hydrogens is 359 g/mol. The number of imidazole rings is 1. The molecule has 1 aromatic carbocycles. The van der Waals surface area contributed by atoms with Crippen molar-refractivity contribution in [3.8, 4) is 0 Å². The van der Waals surface area contributed by atoms with E-state index in [1.165, 1.54) is 12.1 Å². The summed E-state index contributed by atoms with van der Waals surface area (Å²) >= 11 is 0. The quantitative estimate of drug-likeness (QED) is 0.541. The van der Waals surface area contributed by atoms with Crippen LogP contribution in [0, 0.1) is 5.82 Å². The summed E-state index contributed by atoms with van der Waals surface area (Å²) in [5.41, 5.74) is 1.67. The van der Waals surface area contributed by atoms with Crippen LogP contribution in [0.25, 0.3) is 16.4 Å². The van der Waals surface area contributed by atoms with E-state index in [9.17, 15) is 14.0 Å². The highest BCUT2D eigenvalue weighted by Crippen LogP contribution is 2.13. The molecule has 0 atom stereocenters. The van der Waals surface area contributed by atoms with Gasteiger partial charge in [0.25, 0.3) is 5.56 Å². The monoisotopic (exact) mass is 378 g/mol. The SMILES string of the molecule is O=C(CCc1cc2ccc(F)cc2[nH]c1=O)NCCc1ncc2ccccn12. The minimum absolute atomic E-state index is 0.125. The van der Waals surface area contributed by atoms with Gasteiger partial charge in [-0.1, -0.05) is 6.07 Å². The Labute approximate surface area is 160 Å². The number of aromatic amines is 1. The highest BCUT2D eigenvalue weighted by Gasteiger charge is 2.08. The molecule has 142 valence electrons. The molecule has 0 saturated carbocycles. The highest BCUT2D eigenvalue weighted by atomic mass is 19.1. The molecule has 4 aromatic rings. The Kier molecular flexibility index (Phi) is 4.89. The molecule has 28 heavy (non-hydrogen) atoms. The lowest BCUT2D eigenvalue weighted by molar-refractivity contribution is -0.121. The summed E-state index contributed by atoms with van der Waals surface area (Å²) < 4.78 is 15.2. The normalized spacial score (nSPS) is 11.2. The van der Waals surface area contributed by atoms with Gasteiger partial charge in [0.15, 0.2) is 0 Å². The Balaban J connectivity index is 1.33. The molecule has 0 saturated heterocycles. The molecule has 0 spiro atoms. The van der Waals surface area contributed by atoms with Gasteiger partial charge in [-0.15, -0.1) is 0 Å². The minimum atomic E-state index is -0.402. The zero-order valence-electron chi connectivity index (χ0n) is 15.1. The molecule has 1 amide bonds. The van der Waals surface area contributed by atoms with E-state index in [0.717, 1.165) is 16.7 Å². The van der Waals surface area contributed by atoms with Gasteiger partial charge in [0.1, 0.15) is 11.6 Å². The number of amides is 1. The fraction of sp³-hybridized carbons (Fsp3) is 0.190. The van der Waals surface area contributed by atoms with Crippen molar-refractivity contribution in [2.45, 2.75) is 19.3 Å². The molecule has 0 unspecified atom stereocenters. The molecule has 2 N–H and O–H groups in total. The Morgan fingerprint density at radius 3 is 2.96 bits per heavy atom. The first-order chi connectivity index (χ1) is 13.6. The number of fused-ring (bicyclic) bond motifs is 2. The lowest BCUT2D eigenvalue weighted by Crippen LogP contribution is -2.27. The number of benzene rings is 1. The molecule has 0 radical (unpaired) electrons. The van der Waals surface area contributed by atoms with Gasteiger partial charge >= 0.3 is 0 Å². The van der Waals surface area contributed by atoms with E-state index in [2.05, 4.69) is 15.3 Å². The number of aromatic nitrogens is 3. The minimum Gasteiger partial charge on any atom is -0.356 e. The van der Waals surface area contributed by atoms with Crippen LogP contribution in [0.3, 0.4) is 0 Å². The van der Waals surface area contributed by atoms with Gasteiger partial charge in [0.05, 0.1) is 17.2 Å². The highest BCUT2D eigenvalue weighted by molar-refractivity contribution is 5.79. The number of nitrogens with zero attached hydrogens (tertiary/aromatic N) is 2. The molecule has 3 heterocycles. The maximum atomic E-state index is 13.2. The van der Waals surface area contributed by atoms with E-state index < -0.39 is 5.82 Å². The number of rotatable bonds is 6. The number of aryl methyl sites for hydroxylation is 1. The van der Waals surface area contributed by atoms with Gasteiger partial charge in [0, 0.05) is 31.1 Å². The standard InChI is InChI=1S/C21H19FN4O2/c22-16-6-4-14-11-15(21(28)25-18(14)12-16)5-7-20(27)23-9-8-19-24-13-17-3-1-2-10-26(17)19/h1-4,6,10-13H,5,7-9H2,(H,23,27)(H,25,28). The Morgan fingerprint density at radius 1 is 1.18 bits per heavy atom. The Bertz CT molecular complexity index is 1210. The lowest BCUT2D eigenvalue weighted by Gasteiger charge is -2.06. The Hall–Kier alpha value is -3.48. The fourth-order valence-corrected chi connectivity index (χ4v) is 3.24. The first-order valence-electron chi connectivity index (χ1n) is 9.09. The van der Waals surface area contributed by atoms with Crippen molar-refractivity contribution in [2.75, 3.05) is 6.54 Å². The van der Waals surface area contributed by atoms with E-state index in [4.69, 9.17) is 0 Å². The fourth-order valence-electron chi connectivity index (χ4n) is 3.24. The molecule has 7 heteroatoms. The summed E-state index contributed by atoms with van der Waals surface area (Å²) in [6.07, 6.45) is 4.89. The molecule has 3 aromatic heterocycles. The van der Waals surface area contributed by atoms with Crippen LogP contribution in [0.15, 0.2) is 59.7 Å². The number of H-pyrrole nitrogens is 1. The molecule has 0 bridgehead atoms. The van der Waals surface area contributed by atoms with Crippen molar-refractivity contribution in [2.24, 2.45) is 0 Å². The molecule has 4 rings (SSSR count). The van der Waals surface area contributed by atoms with Crippen molar-refractivity contribution >= 4 is 22.3 Å². The van der Waals surface area contributed by atoms with E-state index >= 15 is 0 Å². The zero-order valence-corrected chi connectivity index (χ0v) is 15.1. The first-order valence-corrected chi connectivity index (χ1v) is 9.09. The van der Waals surface area contributed by atoms with Crippen LogP contribution >= 0.6 is 0 Å². The summed E-state index contributed by atoms with van der Waals surface area (Å²) in [6.45, 7) is 0.472. The summed E-state index contributed by atoms with van der Waals surface area (Å²) in [6, 6.07) is 11.8. The topological polar surface area (TPSA) is 79.3 Å². The average molecular weight is 378 g/mol. The second-order valence-corrected chi connectivity index (χ2v) is 6.63. The van der Waals surface area contributed by atoms with Gasteiger partial charge in [-0.3, -0.25) is 9.59 Å². The van der Waals surface area contributed by atoms with E-state index in [0.29, 0.717) is 30.5 Å². The van der Waals surface area contributed by atoms with E-state index in [1.54, 1.807) is 18.3 Å². The second-order valence-electron chi connectivity index (χ2n) is 6.63. The molecule has 0 aliphatic heterocycles. The maximum absolute atomic E-state index is 13.2. The molecule has 6 nitrogen and oxygen atoms in total. The van der Waals surface area contributed by atoms with Gasteiger partial charge < -0.3 is 14.7 Å². The molecule has 0 fully saturated rings. The third-order valence-corrected chi connectivity index (χ3v) is 4.69. The van der Waals surface area contributed by atoms with Crippen molar-refractivity contribution in [1.82, 2.24) is 19.7 Å². The second kappa shape index (κ2) is 7.64. The van der Waals surface area contributed by atoms with E-state index in [-0.39, 0.29) is 17.9 Å². The predicted octanol–water partition coefficient (Wildman–Crippen LogP) is 2.61. The van der Waals surface area contributed by atoms with Crippen molar-refractivity contribution < 1.29 is 9.18 Å². The van der Waals surface area contributed by atoms with Crippen molar-refractivity contribution in [3.63, 3.8) is 0 Å². The molecule has 0 aliphatic rings. The number of hydrogen-bond acceptors (Lipinski definition) is 3.